The molecule has 0 saturated heterocycles. The molecule has 2 aromatic heterocycles. The van der Waals surface area contributed by atoms with Crippen molar-refractivity contribution in [3.8, 4) is 11.8 Å². The number of benzene rings is 1. The average Bonchev–Trinajstić information content (AvgIpc) is 3.37. The van der Waals surface area contributed by atoms with Crippen LogP contribution in [0.15, 0.2) is 36.9 Å². The first-order chi connectivity index (χ1) is 20.5. The van der Waals surface area contributed by atoms with Gasteiger partial charge in [0.1, 0.15) is 18.2 Å². The van der Waals surface area contributed by atoms with Crippen LogP contribution in [0.2, 0.25) is 0 Å². The first-order valence-corrected chi connectivity index (χ1v) is 18.1. The number of hydrogen-bond donors (Lipinski definition) is 2. The van der Waals surface area contributed by atoms with Crippen LogP contribution in [-0.4, -0.2) is 55.0 Å². The van der Waals surface area contributed by atoms with E-state index in [2.05, 4.69) is 71.8 Å². The minimum absolute atomic E-state index is 0.0312. The van der Waals surface area contributed by atoms with E-state index >= 15 is 0 Å². The lowest BCUT2D eigenvalue weighted by atomic mass is 9.97. The third-order valence-electron chi connectivity index (χ3n) is 6.67. The van der Waals surface area contributed by atoms with Gasteiger partial charge in [0.2, 0.25) is 0 Å². The summed E-state index contributed by atoms with van der Waals surface area (Å²) in [5, 5.41) is 0. The lowest BCUT2D eigenvalue weighted by Gasteiger charge is -2.17. The van der Waals surface area contributed by atoms with Gasteiger partial charge in [0.25, 0.3) is 0 Å². The highest BCUT2D eigenvalue weighted by Gasteiger charge is 2.21. The van der Waals surface area contributed by atoms with Crippen LogP contribution in [0.5, 0.6) is 0 Å². The second-order valence-corrected chi connectivity index (χ2v) is 15.0. The Morgan fingerprint density at radius 1 is 1.02 bits per heavy atom. The summed E-state index contributed by atoms with van der Waals surface area (Å²) in [4.78, 5) is 22.5. The molecule has 1 aromatic carbocycles. The Balaban J connectivity index is 1.14. The second-order valence-electron chi connectivity index (χ2n) is 11.9. The Kier molecular flexibility index (Phi) is 14.5. The molecule has 0 aliphatic carbocycles. The van der Waals surface area contributed by atoms with Gasteiger partial charge in [-0.2, -0.15) is 11.8 Å². The third kappa shape index (κ3) is 13.8. The van der Waals surface area contributed by atoms with Crippen molar-refractivity contribution in [3.63, 3.8) is 0 Å². The van der Waals surface area contributed by atoms with E-state index in [-0.39, 0.29) is 24.5 Å². The number of imidazole rings is 1. The number of nitrogen functional groups attached to an aromatic ring is 1. The van der Waals surface area contributed by atoms with Gasteiger partial charge in [-0.1, -0.05) is 49.7 Å². The minimum atomic E-state index is -3.81. The van der Waals surface area contributed by atoms with Gasteiger partial charge in [0.15, 0.2) is 11.5 Å². The van der Waals surface area contributed by atoms with Crippen LogP contribution in [0.1, 0.15) is 83.8 Å². The highest BCUT2D eigenvalue weighted by Crippen LogP contribution is 2.42. The van der Waals surface area contributed by atoms with Crippen LogP contribution in [0, 0.1) is 17.3 Å². The van der Waals surface area contributed by atoms with Gasteiger partial charge in [-0.15, -0.1) is 0 Å². The number of unbranched alkanes of at least 4 members (excludes halogenated alkanes) is 5. The Hall–Kier alpha value is -2.41. The molecule has 0 saturated carbocycles. The highest BCUT2D eigenvalue weighted by molar-refractivity contribution is 7.99. The van der Waals surface area contributed by atoms with E-state index in [4.69, 9.17) is 15.0 Å². The lowest BCUT2D eigenvalue weighted by molar-refractivity contribution is 0.0718. The molecule has 43 heavy (non-hydrogen) atoms. The molecule has 1 unspecified atom stereocenters. The number of thioether (sulfide) groups is 1. The highest BCUT2D eigenvalue weighted by atomic mass is 32.2. The summed E-state index contributed by atoms with van der Waals surface area (Å²) < 4.78 is 25.0. The fourth-order valence-electron chi connectivity index (χ4n) is 4.35. The third-order valence-corrected chi connectivity index (χ3v) is 8.89. The van der Waals surface area contributed by atoms with Crippen molar-refractivity contribution >= 4 is 36.3 Å². The molecule has 3 rings (SSSR count). The SMILES string of the molecule is C[C@H](Cn1cnc2c(N)ncnc21)OCP(=O)(O)OCCCSCCCCCCCCc1ccc(C#CC(C)(C)C)cc1. The molecule has 9 nitrogen and oxygen atoms in total. The second kappa shape index (κ2) is 17.8. The van der Waals surface area contributed by atoms with E-state index in [1.54, 1.807) is 10.9 Å². The Morgan fingerprint density at radius 2 is 1.72 bits per heavy atom. The number of fused-ring (bicyclic) bond motifs is 1. The Bertz CT molecular complexity index is 1360. The zero-order valence-corrected chi connectivity index (χ0v) is 27.8. The molecule has 11 heteroatoms. The number of aromatic nitrogens is 4. The summed E-state index contributed by atoms with van der Waals surface area (Å²) in [5.41, 5.74) is 9.45. The summed E-state index contributed by atoms with van der Waals surface area (Å²) in [6.07, 6.45) is 11.7. The summed E-state index contributed by atoms with van der Waals surface area (Å²) in [6, 6.07) is 8.69. The van der Waals surface area contributed by atoms with E-state index in [9.17, 15) is 9.46 Å². The zero-order chi connectivity index (χ0) is 31.1. The van der Waals surface area contributed by atoms with Crippen LogP contribution >= 0.6 is 19.4 Å². The molecule has 0 aliphatic rings. The van der Waals surface area contributed by atoms with Gasteiger partial charge in [-0.05, 0) is 82.6 Å². The van der Waals surface area contributed by atoms with E-state index < -0.39 is 7.60 Å². The number of nitrogens with two attached hydrogens (primary N) is 1. The molecule has 3 N–H and O–H groups in total. The van der Waals surface area contributed by atoms with Gasteiger partial charge in [-0.3, -0.25) is 4.57 Å². The minimum Gasteiger partial charge on any atom is -0.382 e. The molecule has 0 spiro atoms. The van der Waals surface area contributed by atoms with E-state index in [0.29, 0.717) is 23.5 Å². The first-order valence-electron chi connectivity index (χ1n) is 15.2. The number of nitrogens with zero attached hydrogens (tertiary/aromatic N) is 4. The smallest absolute Gasteiger partial charge is 0.353 e. The lowest BCUT2D eigenvalue weighted by Crippen LogP contribution is -2.17. The van der Waals surface area contributed by atoms with Crippen LogP contribution in [0.4, 0.5) is 5.82 Å². The number of ether oxygens (including phenoxy) is 1. The number of hydrogen-bond acceptors (Lipinski definition) is 8. The molecule has 0 amide bonds. The maximum absolute atomic E-state index is 12.3. The maximum Gasteiger partial charge on any atom is 0.353 e. The van der Waals surface area contributed by atoms with Crippen molar-refractivity contribution in [2.24, 2.45) is 5.41 Å². The van der Waals surface area contributed by atoms with Crippen molar-refractivity contribution in [1.82, 2.24) is 19.5 Å². The Labute approximate surface area is 261 Å². The number of anilines is 1. The largest absolute Gasteiger partial charge is 0.382 e. The molecule has 236 valence electrons. The van der Waals surface area contributed by atoms with Crippen LogP contribution < -0.4 is 5.73 Å². The van der Waals surface area contributed by atoms with Gasteiger partial charge >= 0.3 is 7.60 Å². The normalized spacial score (nSPS) is 13.9. The van der Waals surface area contributed by atoms with Crippen molar-refractivity contribution in [2.45, 2.75) is 91.7 Å². The summed E-state index contributed by atoms with van der Waals surface area (Å²) in [7, 11) is -3.81. The summed E-state index contributed by atoms with van der Waals surface area (Å²) >= 11 is 1.88. The molecule has 3 aromatic rings. The predicted octanol–water partition coefficient (Wildman–Crippen LogP) is 7.08. The van der Waals surface area contributed by atoms with Crippen LogP contribution in [0.25, 0.3) is 11.2 Å². The summed E-state index contributed by atoms with van der Waals surface area (Å²) in [5.74, 6) is 8.88. The molecular weight excluding hydrogens is 581 g/mol. The first kappa shape index (κ1) is 35.1. The van der Waals surface area contributed by atoms with Gasteiger partial charge in [0, 0.05) is 11.0 Å². The fourth-order valence-corrected chi connectivity index (χ4v) is 6.21. The molecule has 0 radical (unpaired) electrons. The van der Waals surface area contributed by atoms with E-state index in [1.807, 2.05) is 18.7 Å². The molecular formula is C32H48N5O4PS. The van der Waals surface area contributed by atoms with Gasteiger partial charge in [-0.25, -0.2) is 15.0 Å². The van der Waals surface area contributed by atoms with Crippen LogP contribution in [0.3, 0.4) is 0 Å². The predicted molar refractivity (Wildman–Crippen MR) is 177 cm³/mol. The molecule has 2 heterocycles. The summed E-state index contributed by atoms with van der Waals surface area (Å²) in [6.45, 7) is 8.86. The maximum atomic E-state index is 12.3. The topological polar surface area (TPSA) is 125 Å². The monoisotopic (exact) mass is 629 g/mol. The van der Waals surface area contributed by atoms with Crippen molar-refractivity contribution in [2.75, 3.05) is 30.2 Å². The van der Waals surface area contributed by atoms with Crippen molar-refractivity contribution in [3.05, 3.63) is 48.0 Å². The van der Waals surface area contributed by atoms with Crippen LogP contribution in [-0.2, 0) is 26.8 Å². The number of rotatable bonds is 19. The van der Waals surface area contributed by atoms with Gasteiger partial charge < -0.3 is 24.5 Å². The standard InChI is InChI=1S/C32H48N5O4PS/c1-26(22-37-24-36-29-30(33)34-23-35-31(29)37)40-25-42(38,39)41-19-11-21-43-20-10-8-6-5-7-9-12-27-13-15-28(16-14-27)17-18-32(2,3)4/h13-16,23-24,26H,5-12,19-22,25H2,1-4H3,(H,38,39)(H2,33,34,35)/t26-/m1/s1. The molecule has 2 atom stereocenters. The Morgan fingerprint density at radius 3 is 2.47 bits per heavy atom. The quantitative estimate of drug-likeness (QED) is 0.0813. The fraction of sp³-hybridized carbons (Fsp3) is 0.594. The van der Waals surface area contributed by atoms with Gasteiger partial charge in [0.05, 0.1) is 25.6 Å². The number of aryl methyl sites for hydroxylation is 1. The molecule has 0 fully saturated rings. The molecule has 0 bridgehead atoms. The molecule has 0 aliphatic heterocycles. The van der Waals surface area contributed by atoms with Crippen molar-refractivity contribution in [1.29, 1.82) is 0 Å². The van der Waals surface area contributed by atoms with E-state index in [0.717, 1.165) is 29.9 Å². The van der Waals surface area contributed by atoms with E-state index in [1.165, 1.54) is 50.4 Å². The van der Waals surface area contributed by atoms with Crippen molar-refractivity contribution < 1.29 is 18.7 Å². The average molecular weight is 630 g/mol. The zero-order valence-electron chi connectivity index (χ0n) is 26.1.